The summed E-state index contributed by atoms with van der Waals surface area (Å²) in [5.74, 6) is -0.272. The van der Waals surface area contributed by atoms with Gasteiger partial charge >= 0.3 is 0 Å². The molecular weight excluding hydrogens is 220 g/mol. The third-order valence-corrected chi connectivity index (χ3v) is 2.83. The number of aliphatic hydroxyl groups is 1. The molecule has 0 aromatic carbocycles. The van der Waals surface area contributed by atoms with E-state index >= 15 is 0 Å². The molecule has 1 saturated heterocycles. The maximum atomic E-state index is 12.1. The zero-order valence-corrected chi connectivity index (χ0v) is 11.0. The highest BCUT2D eigenvalue weighted by Gasteiger charge is 2.39. The highest BCUT2D eigenvalue weighted by Crippen LogP contribution is 2.25. The van der Waals surface area contributed by atoms with Gasteiger partial charge in [0.05, 0.1) is 6.10 Å². The molecule has 2 atom stereocenters. The first kappa shape index (κ1) is 14.0. The Bertz CT molecular complexity index is 309. The monoisotopic (exact) mass is 242 g/mol. The Balaban J connectivity index is 2.73. The molecule has 0 aliphatic carbocycles. The van der Waals surface area contributed by atoms with E-state index in [9.17, 15) is 14.7 Å². The van der Waals surface area contributed by atoms with E-state index in [1.807, 2.05) is 20.8 Å². The minimum atomic E-state index is -0.596. The molecule has 1 fully saturated rings. The van der Waals surface area contributed by atoms with E-state index in [-0.39, 0.29) is 23.8 Å². The Morgan fingerprint density at radius 3 is 2.47 bits per heavy atom. The van der Waals surface area contributed by atoms with Crippen molar-refractivity contribution < 1.29 is 14.7 Å². The second-order valence-electron chi connectivity index (χ2n) is 5.80. The van der Waals surface area contributed by atoms with Gasteiger partial charge in [0.1, 0.15) is 6.04 Å². The number of carbonyl (C=O) groups excluding carboxylic acids is 2. The summed E-state index contributed by atoms with van der Waals surface area (Å²) in [4.78, 5) is 25.2. The number of likely N-dealkylation sites (tertiary alicyclic amines) is 1. The van der Waals surface area contributed by atoms with Gasteiger partial charge in [-0.2, -0.15) is 0 Å². The number of rotatable bonds is 2. The van der Waals surface area contributed by atoms with Crippen molar-refractivity contribution in [1.29, 1.82) is 0 Å². The zero-order chi connectivity index (χ0) is 13.2. The quantitative estimate of drug-likeness (QED) is 0.723. The maximum Gasteiger partial charge on any atom is 0.242 e. The molecule has 1 heterocycles. The fourth-order valence-corrected chi connectivity index (χ4v) is 2.06. The summed E-state index contributed by atoms with van der Waals surface area (Å²) in [5, 5.41) is 12.1. The second-order valence-corrected chi connectivity index (χ2v) is 5.80. The van der Waals surface area contributed by atoms with Gasteiger partial charge < -0.3 is 15.3 Å². The minimum Gasteiger partial charge on any atom is -0.391 e. The predicted molar refractivity (Wildman–Crippen MR) is 64.3 cm³/mol. The van der Waals surface area contributed by atoms with E-state index < -0.39 is 12.1 Å². The third-order valence-electron chi connectivity index (χ3n) is 2.83. The van der Waals surface area contributed by atoms with Crippen LogP contribution in [-0.2, 0) is 9.59 Å². The summed E-state index contributed by atoms with van der Waals surface area (Å²) in [5.41, 5.74) is -0.113. The SMILES string of the molecule is CNC(=O)[C@@H]1C[C@@H](O)CN1C(=O)CC(C)(C)C. The molecule has 0 bridgehead atoms. The lowest BCUT2D eigenvalue weighted by Gasteiger charge is -2.26. The molecule has 0 aromatic heterocycles. The van der Waals surface area contributed by atoms with E-state index in [1.165, 1.54) is 4.90 Å². The van der Waals surface area contributed by atoms with Gasteiger partial charge in [0.2, 0.25) is 11.8 Å². The first-order valence-corrected chi connectivity index (χ1v) is 5.94. The number of nitrogens with zero attached hydrogens (tertiary/aromatic N) is 1. The highest BCUT2D eigenvalue weighted by atomic mass is 16.3. The van der Waals surface area contributed by atoms with Crippen LogP contribution in [0, 0.1) is 5.41 Å². The number of nitrogens with one attached hydrogen (secondary N) is 1. The largest absolute Gasteiger partial charge is 0.391 e. The molecule has 1 rings (SSSR count). The van der Waals surface area contributed by atoms with Crippen LogP contribution in [0.4, 0.5) is 0 Å². The molecule has 2 amide bonds. The fraction of sp³-hybridized carbons (Fsp3) is 0.833. The number of amides is 2. The van der Waals surface area contributed by atoms with Crippen LogP contribution in [0.3, 0.4) is 0 Å². The summed E-state index contributed by atoms with van der Waals surface area (Å²) in [6.45, 7) is 6.19. The van der Waals surface area contributed by atoms with Crippen LogP contribution in [0.5, 0.6) is 0 Å². The van der Waals surface area contributed by atoms with Gasteiger partial charge in [0.15, 0.2) is 0 Å². The van der Waals surface area contributed by atoms with E-state index in [0.717, 1.165) is 0 Å². The van der Waals surface area contributed by atoms with Crippen molar-refractivity contribution in [1.82, 2.24) is 10.2 Å². The number of likely N-dealkylation sites (N-methyl/N-ethyl adjacent to an activating group) is 1. The Kier molecular flexibility index (Phi) is 4.14. The molecule has 0 aromatic rings. The Labute approximate surface area is 102 Å². The van der Waals surface area contributed by atoms with Crippen molar-refractivity contribution >= 4 is 11.8 Å². The summed E-state index contributed by atoms with van der Waals surface area (Å²) in [6, 6.07) is -0.523. The van der Waals surface area contributed by atoms with Crippen molar-refractivity contribution in [2.24, 2.45) is 5.41 Å². The van der Waals surface area contributed by atoms with Crippen molar-refractivity contribution in [2.75, 3.05) is 13.6 Å². The third kappa shape index (κ3) is 3.70. The standard InChI is InChI=1S/C12H22N2O3/c1-12(2,3)6-10(16)14-7-8(15)5-9(14)11(17)13-4/h8-9,15H,5-7H2,1-4H3,(H,13,17)/t8-,9+/m1/s1. The molecular formula is C12H22N2O3. The average Bonchev–Trinajstić information content (AvgIpc) is 2.56. The Morgan fingerprint density at radius 2 is 2.00 bits per heavy atom. The van der Waals surface area contributed by atoms with Crippen molar-refractivity contribution in [3.05, 3.63) is 0 Å². The van der Waals surface area contributed by atoms with E-state index in [2.05, 4.69) is 5.32 Å². The summed E-state index contributed by atoms with van der Waals surface area (Å²) < 4.78 is 0. The lowest BCUT2D eigenvalue weighted by Crippen LogP contribution is -2.45. The second kappa shape index (κ2) is 5.04. The Morgan fingerprint density at radius 1 is 1.41 bits per heavy atom. The molecule has 98 valence electrons. The van der Waals surface area contributed by atoms with Crippen LogP contribution in [0.1, 0.15) is 33.6 Å². The molecule has 2 N–H and O–H groups in total. The molecule has 5 heteroatoms. The smallest absolute Gasteiger partial charge is 0.242 e. The Hall–Kier alpha value is -1.10. The van der Waals surface area contributed by atoms with Crippen LogP contribution < -0.4 is 5.32 Å². The van der Waals surface area contributed by atoms with Crippen LogP contribution >= 0.6 is 0 Å². The van der Waals surface area contributed by atoms with Crippen molar-refractivity contribution in [2.45, 2.75) is 45.8 Å². The maximum absolute atomic E-state index is 12.1. The lowest BCUT2D eigenvalue weighted by molar-refractivity contribution is -0.139. The van der Waals surface area contributed by atoms with E-state index in [1.54, 1.807) is 7.05 Å². The van der Waals surface area contributed by atoms with Gasteiger partial charge in [-0.3, -0.25) is 9.59 Å². The lowest BCUT2D eigenvalue weighted by atomic mass is 9.91. The number of hydrogen-bond donors (Lipinski definition) is 2. The number of β-amino-alcohol motifs (C(OH)–C–C–N with tert-alkyl or cyclic N) is 1. The van der Waals surface area contributed by atoms with Crippen molar-refractivity contribution in [3.8, 4) is 0 Å². The van der Waals surface area contributed by atoms with Gasteiger partial charge in [-0.1, -0.05) is 20.8 Å². The van der Waals surface area contributed by atoms with Crippen LogP contribution in [-0.4, -0.2) is 47.6 Å². The molecule has 0 radical (unpaired) electrons. The summed E-state index contributed by atoms with van der Waals surface area (Å²) in [6.07, 6.45) is 0.115. The summed E-state index contributed by atoms with van der Waals surface area (Å²) >= 11 is 0. The highest BCUT2D eigenvalue weighted by molar-refractivity contribution is 5.88. The molecule has 1 aliphatic heterocycles. The molecule has 5 nitrogen and oxygen atoms in total. The van der Waals surface area contributed by atoms with Gasteiger partial charge in [0.25, 0.3) is 0 Å². The van der Waals surface area contributed by atoms with Gasteiger partial charge in [0, 0.05) is 26.4 Å². The number of carbonyl (C=O) groups is 2. The van der Waals surface area contributed by atoms with E-state index in [4.69, 9.17) is 0 Å². The van der Waals surface area contributed by atoms with Crippen molar-refractivity contribution in [3.63, 3.8) is 0 Å². The van der Waals surface area contributed by atoms with Gasteiger partial charge in [-0.15, -0.1) is 0 Å². The molecule has 1 aliphatic rings. The normalized spacial score (nSPS) is 24.9. The van der Waals surface area contributed by atoms with Gasteiger partial charge in [-0.25, -0.2) is 0 Å². The molecule has 17 heavy (non-hydrogen) atoms. The van der Waals surface area contributed by atoms with Gasteiger partial charge in [-0.05, 0) is 5.41 Å². The summed E-state index contributed by atoms with van der Waals surface area (Å²) in [7, 11) is 1.54. The van der Waals surface area contributed by atoms with Crippen LogP contribution in [0.25, 0.3) is 0 Å². The minimum absolute atomic E-state index is 0.0670. The molecule has 0 saturated carbocycles. The average molecular weight is 242 g/mol. The first-order valence-electron chi connectivity index (χ1n) is 5.94. The van der Waals surface area contributed by atoms with Crippen LogP contribution in [0.15, 0.2) is 0 Å². The van der Waals surface area contributed by atoms with Crippen LogP contribution in [0.2, 0.25) is 0 Å². The topological polar surface area (TPSA) is 69.6 Å². The number of hydrogen-bond acceptors (Lipinski definition) is 3. The fourth-order valence-electron chi connectivity index (χ4n) is 2.06. The van der Waals surface area contributed by atoms with E-state index in [0.29, 0.717) is 12.8 Å². The zero-order valence-electron chi connectivity index (χ0n) is 11.0. The first-order chi connectivity index (χ1) is 7.74. The molecule has 0 unspecified atom stereocenters. The predicted octanol–water partition coefficient (Wildman–Crippen LogP) is 0.130. The number of aliphatic hydroxyl groups excluding tert-OH is 1. The molecule has 0 spiro atoms.